The molecule has 0 N–H and O–H groups in total. The fraction of sp³-hybridized carbons (Fsp3) is 0.211. The van der Waals surface area contributed by atoms with Gasteiger partial charge in [-0.1, -0.05) is 24.3 Å². The number of hydrogen-bond donors (Lipinski definition) is 0. The van der Waals surface area contributed by atoms with E-state index in [4.69, 9.17) is 9.15 Å². The molecule has 1 aliphatic heterocycles. The number of benzene rings is 1. The van der Waals surface area contributed by atoms with Crippen molar-refractivity contribution >= 4 is 16.3 Å². The van der Waals surface area contributed by atoms with E-state index in [9.17, 15) is 4.79 Å². The van der Waals surface area contributed by atoms with Crippen LogP contribution in [0.5, 0.6) is 0 Å². The Morgan fingerprint density at radius 3 is 2.42 bits per heavy atom. The molecule has 0 amide bonds. The molecule has 1 fully saturated rings. The molecule has 0 unspecified atom stereocenters. The first-order valence-electron chi connectivity index (χ1n) is 7.92. The van der Waals surface area contributed by atoms with Gasteiger partial charge in [0, 0.05) is 35.7 Å². The molecule has 2 aromatic heterocycles. The number of ether oxygens (including phenoxy) is 1. The van der Waals surface area contributed by atoms with Crippen LogP contribution in [-0.4, -0.2) is 26.3 Å². The third-order valence-corrected chi connectivity index (χ3v) is 5.21. The van der Waals surface area contributed by atoms with Crippen molar-refractivity contribution in [1.29, 1.82) is 0 Å². The van der Waals surface area contributed by atoms with Gasteiger partial charge in [-0.15, -0.1) is 11.3 Å². The van der Waals surface area contributed by atoms with E-state index in [1.54, 1.807) is 29.7 Å². The van der Waals surface area contributed by atoms with Crippen LogP contribution >= 0.6 is 11.3 Å². The van der Waals surface area contributed by atoms with Crippen molar-refractivity contribution in [3.8, 4) is 21.8 Å². The average Bonchev–Trinajstić information content (AvgIpc) is 3.17. The summed E-state index contributed by atoms with van der Waals surface area (Å²) in [5.41, 5.74) is 2.11. The maximum absolute atomic E-state index is 12.1. The van der Waals surface area contributed by atoms with Crippen LogP contribution < -0.4 is 10.3 Å². The Bertz CT molecular complexity index is 862. The van der Waals surface area contributed by atoms with Crippen LogP contribution in [0, 0.1) is 0 Å². The molecule has 0 atom stereocenters. The van der Waals surface area contributed by atoms with Gasteiger partial charge in [0.25, 0.3) is 0 Å². The topological polar surface area (TPSA) is 42.7 Å². The lowest BCUT2D eigenvalue weighted by molar-refractivity contribution is 0.123. The molecular formula is C19H17NO3S. The molecule has 24 heavy (non-hydrogen) atoms. The molecule has 0 bridgehead atoms. The largest absolute Gasteiger partial charge is 0.464 e. The Labute approximate surface area is 143 Å². The van der Waals surface area contributed by atoms with Crippen molar-refractivity contribution < 1.29 is 9.15 Å². The second kappa shape index (κ2) is 6.63. The maximum Gasteiger partial charge on any atom is 0.182 e. The zero-order valence-corrected chi connectivity index (χ0v) is 13.9. The van der Waals surface area contributed by atoms with E-state index >= 15 is 0 Å². The fourth-order valence-electron chi connectivity index (χ4n) is 2.79. The van der Waals surface area contributed by atoms with Crippen LogP contribution in [0.15, 0.2) is 64.0 Å². The Morgan fingerprint density at radius 1 is 0.958 bits per heavy atom. The van der Waals surface area contributed by atoms with Crippen LogP contribution in [0.4, 0.5) is 5.00 Å². The number of hydrogen-bond acceptors (Lipinski definition) is 5. The minimum atomic E-state index is 0.0420. The highest BCUT2D eigenvalue weighted by Crippen LogP contribution is 2.31. The molecule has 0 aliphatic carbocycles. The maximum atomic E-state index is 12.1. The van der Waals surface area contributed by atoms with Gasteiger partial charge in [0.05, 0.1) is 24.5 Å². The summed E-state index contributed by atoms with van der Waals surface area (Å²) in [6, 6.07) is 15.3. The fourth-order valence-corrected chi connectivity index (χ4v) is 3.93. The third-order valence-electron chi connectivity index (χ3n) is 4.05. The third kappa shape index (κ3) is 3.13. The molecule has 4 rings (SSSR count). The van der Waals surface area contributed by atoms with Crippen molar-refractivity contribution in [2.24, 2.45) is 0 Å². The SMILES string of the molecule is O=c1cc(-c2ccc(-c3ccco3)cc2)sc(N2CCOCC2)c1. The van der Waals surface area contributed by atoms with E-state index < -0.39 is 0 Å². The number of nitrogens with zero attached hydrogens (tertiary/aromatic N) is 1. The predicted molar refractivity (Wildman–Crippen MR) is 96.8 cm³/mol. The molecule has 0 spiro atoms. The summed E-state index contributed by atoms with van der Waals surface area (Å²) in [5, 5.41) is 1.01. The second-order valence-corrected chi connectivity index (χ2v) is 6.71. The lowest BCUT2D eigenvalue weighted by Crippen LogP contribution is -2.36. The number of anilines is 1. The highest BCUT2D eigenvalue weighted by atomic mass is 32.1. The molecule has 1 aromatic carbocycles. The Hall–Kier alpha value is -2.37. The van der Waals surface area contributed by atoms with Gasteiger partial charge >= 0.3 is 0 Å². The van der Waals surface area contributed by atoms with Crippen molar-refractivity contribution in [3.63, 3.8) is 0 Å². The Balaban J connectivity index is 1.66. The van der Waals surface area contributed by atoms with Gasteiger partial charge in [-0.25, -0.2) is 0 Å². The summed E-state index contributed by atoms with van der Waals surface area (Å²) in [7, 11) is 0. The van der Waals surface area contributed by atoms with Crippen LogP contribution in [0.3, 0.4) is 0 Å². The first-order chi connectivity index (χ1) is 11.8. The molecule has 1 aliphatic rings. The molecule has 3 aromatic rings. The summed E-state index contributed by atoms with van der Waals surface area (Å²) in [4.78, 5) is 15.3. The number of furan rings is 1. The Kier molecular flexibility index (Phi) is 4.19. The van der Waals surface area contributed by atoms with Crippen molar-refractivity contribution in [1.82, 2.24) is 0 Å². The first-order valence-corrected chi connectivity index (χ1v) is 8.73. The summed E-state index contributed by atoms with van der Waals surface area (Å²) in [6.45, 7) is 3.08. The van der Waals surface area contributed by atoms with Gasteiger partial charge in [0.15, 0.2) is 5.43 Å². The zero-order valence-electron chi connectivity index (χ0n) is 13.1. The molecule has 122 valence electrons. The highest BCUT2D eigenvalue weighted by molar-refractivity contribution is 7.19. The summed E-state index contributed by atoms with van der Waals surface area (Å²) in [6.07, 6.45) is 1.67. The molecule has 4 nitrogen and oxygen atoms in total. The van der Waals surface area contributed by atoms with Crippen LogP contribution in [0.25, 0.3) is 21.8 Å². The van der Waals surface area contributed by atoms with Gasteiger partial charge < -0.3 is 14.1 Å². The van der Waals surface area contributed by atoms with E-state index in [1.165, 1.54) is 0 Å². The Morgan fingerprint density at radius 2 is 1.71 bits per heavy atom. The van der Waals surface area contributed by atoms with Gasteiger partial charge in [-0.3, -0.25) is 4.79 Å². The van der Waals surface area contributed by atoms with Gasteiger partial charge in [-0.05, 0) is 17.7 Å². The van der Waals surface area contributed by atoms with E-state index in [0.717, 1.165) is 39.9 Å². The molecule has 0 saturated carbocycles. The number of morpholine rings is 1. The summed E-state index contributed by atoms with van der Waals surface area (Å²) < 4.78 is 10.8. The second-order valence-electron chi connectivity index (χ2n) is 5.65. The van der Waals surface area contributed by atoms with Crippen LogP contribution in [0.2, 0.25) is 0 Å². The monoisotopic (exact) mass is 339 g/mol. The predicted octanol–water partition coefficient (Wildman–Crippen LogP) is 3.87. The van der Waals surface area contributed by atoms with E-state index in [0.29, 0.717) is 13.2 Å². The quantitative estimate of drug-likeness (QED) is 0.726. The molecule has 5 heteroatoms. The lowest BCUT2D eigenvalue weighted by Gasteiger charge is -2.28. The first kappa shape index (κ1) is 15.2. The smallest absolute Gasteiger partial charge is 0.182 e. The minimum absolute atomic E-state index is 0.0420. The van der Waals surface area contributed by atoms with Crippen molar-refractivity contribution in [2.45, 2.75) is 0 Å². The number of rotatable bonds is 3. The molecular weight excluding hydrogens is 322 g/mol. The molecule has 3 heterocycles. The van der Waals surface area contributed by atoms with Crippen molar-refractivity contribution in [2.75, 3.05) is 31.2 Å². The highest BCUT2D eigenvalue weighted by Gasteiger charge is 2.14. The zero-order chi connectivity index (χ0) is 16.4. The molecule has 1 saturated heterocycles. The van der Waals surface area contributed by atoms with E-state index in [2.05, 4.69) is 4.90 Å². The van der Waals surface area contributed by atoms with E-state index in [1.807, 2.05) is 36.4 Å². The van der Waals surface area contributed by atoms with Crippen LogP contribution in [-0.2, 0) is 4.74 Å². The summed E-state index contributed by atoms with van der Waals surface area (Å²) in [5.74, 6) is 0.844. The lowest BCUT2D eigenvalue weighted by atomic mass is 10.1. The van der Waals surface area contributed by atoms with Crippen LogP contribution in [0.1, 0.15) is 0 Å². The van der Waals surface area contributed by atoms with Gasteiger partial charge in [0.1, 0.15) is 5.76 Å². The summed E-state index contributed by atoms with van der Waals surface area (Å²) >= 11 is 1.65. The standard InChI is InChI=1S/C19H17NO3S/c21-16-12-18(24-19(13-16)20-7-10-22-11-8-20)15-5-3-14(4-6-15)17-2-1-9-23-17/h1-6,9,12-13H,7-8,10-11H2. The molecule has 0 radical (unpaired) electrons. The average molecular weight is 339 g/mol. The normalized spacial score (nSPS) is 14.8. The van der Waals surface area contributed by atoms with E-state index in [-0.39, 0.29) is 5.43 Å². The van der Waals surface area contributed by atoms with Gasteiger partial charge in [-0.2, -0.15) is 0 Å². The van der Waals surface area contributed by atoms with Crippen molar-refractivity contribution in [3.05, 3.63) is 65.0 Å². The van der Waals surface area contributed by atoms with Gasteiger partial charge in [0.2, 0.25) is 0 Å². The minimum Gasteiger partial charge on any atom is -0.464 e.